The lowest BCUT2D eigenvalue weighted by Gasteiger charge is -2.12. The number of benzene rings is 1. The highest BCUT2D eigenvalue weighted by atomic mass is 16.5. The standard InChI is InChI=1S/C19H20N4O/c1-2-24-18-9-4-3-8-17(18)23-19-15(10-12-21-19)16(22-23)13-14-7-5-6-11-20-14/h3-9,11,21H,2,10,12-13H2,1H3. The highest BCUT2D eigenvalue weighted by Gasteiger charge is 2.24. The zero-order valence-corrected chi connectivity index (χ0v) is 13.7. The van der Waals surface area contributed by atoms with Gasteiger partial charge in [-0.15, -0.1) is 0 Å². The minimum atomic E-state index is 0.634. The van der Waals surface area contributed by atoms with E-state index in [1.165, 1.54) is 5.56 Å². The van der Waals surface area contributed by atoms with Crippen LogP contribution in [0.2, 0.25) is 0 Å². The molecule has 122 valence electrons. The van der Waals surface area contributed by atoms with Crippen LogP contribution in [0.15, 0.2) is 48.7 Å². The maximum absolute atomic E-state index is 5.78. The van der Waals surface area contributed by atoms with Gasteiger partial charge in [0.1, 0.15) is 17.3 Å². The van der Waals surface area contributed by atoms with E-state index < -0.39 is 0 Å². The molecule has 2 aromatic heterocycles. The van der Waals surface area contributed by atoms with Crippen molar-refractivity contribution in [1.29, 1.82) is 0 Å². The Morgan fingerprint density at radius 3 is 2.88 bits per heavy atom. The first kappa shape index (κ1) is 14.8. The Morgan fingerprint density at radius 2 is 2.04 bits per heavy atom. The SMILES string of the molecule is CCOc1ccccc1-n1nc(Cc2ccccn2)c2c1NCC2. The van der Waals surface area contributed by atoms with Crippen LogP contribution < -0.4 is 10.1 Å². The summed E-state index contributed by atoms with van der Waals surface area (Å²) < 4.78 is 7.76. The number of pyridine rings is 1. The Hall–Kier alpha value is -2.82. The average Bonchev–Trinajstić information content (AvgIpc) is 3.21. The maximum atomic E-state index is 5.78. The van der Waals surface area contributed by atoms with E-state index in [2.05, 4.69) is 10.3 Å². The number of aromatic nitrogens is 3. The number of nitrogens with zero attached hydrogens (tertiary/aromatic N) is 3. The molecular weight excluding hydrogens is 300 g/mol. The number of para-hydroxylation sites is 2. The zero-order chi connectivity index (χ0) is 16.4. The van der Waals surface area contributed by atoms with Gasteiger partial charge >= 0.3 is 0 Å². The minimum absolute atomic E-state index is 0.634. The third-order valence-corrected chi connectivity index (χ3v) is 4.20. The quantitative estimate of drug-likeness (QED) is 0.784. The Kier molecular flexibility index (Phi) is 3.91. The fourth-order valence-electron chi connectivity index (χ4n) is 3.15. The lowest BCUT2D eigenvalue weighted by Crippen LogP contribution is -2.07. The molecule has 0 aliphatic carbocycles. The number of fused-ring (bicyclic) bond motifs is 1. The van der Waals surface area contributed by atoms with Gasteiger partial charge in [0.05, 0.1) is 12.3 Å². The van der Waals surface area contributed by atoms with Crippen LogP contribution in [0.1, 0.15) is 23.9 Å². The number of anilines is 1. The second kappa shape index (κ2) is 6.35. The number of ether oxygens (including phenoxy) is 1. The van der Waals surface area contributed by atoms with Crippen molar-refractivity contribution in [3.05, 3.63) is 65.6 Å². The normalized spacial score (nSPS) is 12.7. The van der Waals surface area contributed by atoms with Crippen molar-refractivity contribution in [2.24, 2.45) is 0 Å². The van der Waals surface area contributed by atoms with Crippen LogP contribution in [0, 0.1) is 0 Å². The van der Waals surface area contributed by atoms with Crippen LogP contribution >= 0.6 is 0 Å². The molecular formula is C19H20N4O. The number of nitrogens with one attached hydrogen (secondary N) is 1. The molecule has 1 aromatic carbocycles. The monoisotopic (exact) mass is 320 g/mol. The highest BCUT2D eigenvalue weighted by Crippen LogP contribution is 2.33. The van der Waals surface area contributed by atoms with Crippen LogP contribution in [0.4, 0.5) is 5.82 Å². The Bertz CT molecular complexity index is 842. The van der Waals surface area contributed by atoms with Crippen LogP contribution in [0.5, 0.6) is 5.75 Å². The molecule has 0 bridgehead atoms. The first-order valence-corrected chi connectivity index (χ1v) is 8.33. The molecule has 1 aliphatic heterocycles. The summed E-state index contributed by atoms with van der Waals surface area (Å²) in [4.78, 5) is 4.43. The van der Waals surface area contributed by atoms with E-state index in [1.807, 2.05) is 60.3 Å². The van der Waals surface area contributed by atoms with Crippen LogP contribution in [0.3, 0.4) is 0 Å². The van der Waals surface area contributed by atoms with E-state index in [1.54, 1.807) is 0 Å². The van der Waals surface area contributed by atoms with Crippen molar-refractivity contribution in [3.63, 3.8) is 0 Å². The van der Waals surface area contributed by atoms with Gasteiger partial charge in [-0.1, -0.05) is 18.2 Å². The number of hydrogen-bond acceptors (Lipinski definition) is 4. The van der Waals surface area contributed by atoms with Gasteiger partial charge in [0, 0.05) is 30.4 Å². The van der Waals surface area contributed by atoms with Gasteiger partial charge in [0.25, 0.3) is 0 Å². The molecule has 5 heteroatoms. The molecule has 0 atom stereocenters. The summed E-state index contributed by atoms with van der Waals surface area (Å²) in [6, 6.07) is 14.0. The van der Waals surface area contributed by atoms with E-state index in [-0.39, 0.29) is 0 Å². The van der Waals surface area contributed by atoms with E-state index in [9.17, 15) is 0 Å². The van der Waals surface area contributed by atoms with Crippen LogP contribution in [-0.2, 0) is 12.8 Å². The fourth-order valence-corrected chi connectivity index (χ4v) is 3.15. The van der Waals surface area contributed by atoms with Gasteiger partial charge in [-0.2, -0.15) is 5.10 Å². The van der Waals surface area contributed by atoms with Gasteiger partial charge in [0.15, 0.2) is 0 Å². The Labute approximate surface area is 141 Å². The van der Waals surface area contributed by atoms with E-state index in [4.69, 9.17) is 9.84 Å². The molecule has 0 radical (unpaired) electrons. The predicted octanol–water partition coefficient (Wildman–Crippen LogP) is 3.22. The molecule has 3 aromatic rings. The van der Waals surface area contributed by atoms with Gasteiger partial charge in [-0.3, -0.25) is 4.98 Å². The molecule has 0 saturated carbocycles. The van der Waals surface area contributed by atoms with Gasteiger partial charge in [-0.05, 0) is 37.6 Å². The Morgan fingerprint density at radius 1 is 1.17 bits per heavy atom. The first-order valence-electron chi connectivity index (χ1n) is 8.33. The topological polar surface area (TPSA) is 52.0 Å². The van der Waals surface area contributed by atoms with Crippen LogP contribution in [-0.4, -0.2) is 27.9 Å². The lowest BCUT2D eigenvalue weighted by atomic mass is 10.1. The van der Waals surface area contributed by atoms with Crippen molar-refractivity contribution < 1.29 is 4.74 Å². The van der Waals surface area contributed by atoms with Crippen molar-refractivity contribution in [1.82, 2.24) is 14.8 Å². The van der Waals surface area contributed by atoms with E-state index >= 15 is 0 Å². The zero-order valence-electron chi connectivity index (χ0n) is 13.7. The summed E-state index contributed by atoms with van der Waals surface area (Å²) in [5.41, 5.74) is 4.37. The Balaban J connectivity index is 1.77. The summed E-state index contributed by atoms with van der Waals surface area (Å²) in [6.45, 7) is 3.57. The second-order valence-electron chi connectivity index (χ2n) is 5.76. The summed E-state index contributed by atoms with van der Waals surface area (Å²) in [6.07, 6.45) is 3.57. The largest absolute Gasteiger partial charge is 0.492 e. The third-order valence-electron chi connectivity index (χ3n) is 4.20. The average molecular weight is 320 g/mol. The molecule has 0 spiro atoms. The van der Waals surface area contributed by atoms with Gasteiger partial charge in [-0.25, -0.2) is 4.68 Å². The smallest absolute Gasteiger partial charge is 0.145 e. The second-order valence-corrected chi connectivity index (χ2v) is 5.76. The summed E-state index contributed by atoms with van der Waals surface area (Å²) in [7, 11) is 0. The molecule has 1 aliphatic rings. The van der Waals surface area contributed by atoms with Gasteiger partial charge in [0.2, 0.25) is 0 Å². The number of rotatable bonds is 5. The summed E-state index contributed by atoms with van der Waals surface area (Å²) >= 11 is 0. The van der Waals surface area contributed by atoms with Crippen molar-refractivity contribution in [3.8, 4) is 11.4 Å². The lowest BCUT2D eigenvalue weighted by molar-refractivity contribution is 0.338. The molecule has 0 amide bonds. The summed E-state index contributed by atoms with van der Waals surface area (Å²) in [5.74, 6) is 1.93. The molecule has 5 nitrogen and oxygen atoms in total. The highest BCUT2D eigenvalue weighted by molar-refractivity contribution is 5.60. The fraction of sp³-hybridized carbons (Fsp3) is 0.263. The third kappa shape index (κ3) is 2.62. The predicted molar refractivity (Wildman–Crippen MR) is 94.0 cm³/mol. The maximum Gasteiger partial charge on any atom is 0.145 e. The van der Waals surface area contributed by atoms with Gasteiger partial charge < -0.3 is 10.1 Å². The van der Waals surface area contributed by atoms with Crippen molar-refractivity contribution in [2.75, 3.05) is 18.5 Å². The molecule has 0 saturated heterocycles. The van der Waals surface area contributed by atoms with Crippen molar-refractivity contribution >= 4 is 5.82 Å². The molecule has 3 heterocycles. The molecule has 1 N–H and O–H groups in total. The molecule has 24 heavy (non-hydrogen) atoms. The van der Waals surface area contributed by atoms with E-state index in [0.717, 1.165) is 48.0 Å². The number of hydrogen-bond donors (Lipinski definition) is 1. The van der Waals surface area contributed by atoms with Crippen LogP contribution in [0.25, 0.3) is 5.69 Å². The molecule has 0 fully saturated rings. The first-order chi connectivity index (χ1) is 11.9. The minimum Gasteiger partial charge on any atom is -0.492 e. The van der Waals surface area contributed by atoms with E-state index in [0.29, 0.717) is 6.61 Å². The summed E-state index contributed by atoms with van der Waals surface area (Å²) in [5, 5.41) is 8.34. The van der Waals surface area contributed by atoms with Crippen molar-refractivity contribution in [2.45, 2.75) is 19.8 Å². The molecule has 0 unspecified atom stereocenters. The molecule has 4 rings (SSSR count).